The Morgan fingerprint density at radius 3 is 1.11 bits per heavy atom. The Morgan fingerprint density at radius 1 is 0.400 bits per heavy atom. The number of nitrogens with zero attached hydrogens (tertiary/aromatic N) is 4. The lowest BCUT2D eigenvalue weighted by atomic mass is 9.84. The van der Waals surface area contributed by atoms with Gasteiger partial charge in [-0.3, -0.25) is 19.8 Å². The average Bonchev–Trinajstić information content (AvgIpc) is 3.21. The maximum absolute atomic E-state index is 4.79. The number of hydrogen-bond acceptors (Lipinski definition) is 8. The Labute approximate surface area is 329 Å². The fourth-order valence-corrected chi connectivity index (χ4v) is 7.94. The van der Waals surface area contributed by atoms with E-state index >= 15 is 0 Å². The van der Waals surface area contributed by atoms with Crippen molar-refractivity contribution in [3.8, 4) is 0 Å². The number of hydrogen-bond donors (Lipinski definition) is 4. The van der Waals surface area contributed by atoms with Gasteiger partial charge in [-0.15, -0.1) is 0 Å². The van der Waals surface area contributed by atoms with Crippen LogP contribution in [0.3, 0.4) is 0 Å². The van der Waals surface area contributed by atoms with Crippen molar-refractivity contribution >= 4 is 0 Å². The molecule has 55 heavy (non-hydrogen) atoms. The second-order valence-corrected chi connectivity index (χ2v) is 15.2. The van der Waals surface area contributed by atoms with Gasteiger partial charge >= 0.3 is 0 Å². The Bertz CT molecular complexity index is 1670. The van der Waals surface area contributed by atoms with Gasteiger partial charge in [0.2, 0.25) is 0 Å². The van der Waals surface area contributed by atoms with E-state index in [0.717, 1.165) is 140 Å². The molecule has 8 nitrogen and oxygen atoms in total. The van der Waals surface area contributed by atoms with Crippen LogP contribution in [-0.4, -0.2) is 72.1 Å². The zero-order valence-corrected chi connectivity index (χ0v) is 32.6. The Kier molecular flexibility index (Phi) is 15.0. The van der Waals surface area contributed by atoms with Crippen LogP contribution < -0.4 is 21.3 Å². The average molecular weight is 737 g/mol. The molecule has 0 saturated heterocycles. The molecule has 4 heterocycles. The number of pyridine rings is 2. The molecule has 288 valence electrons. The number of nitrogens with one attached hydrogen (secondary N) is 4. The molecule has 2 aliphatic heterocycles. The minimum atomic E-state index is 0.186. The van der Waals surface area contributed by atoms with Gasteiger partial charge in [-0.25, -0.2) is 0 Å². The minimum absolute atomic E-state index is 0.186. The van der Waals surface area contributed by atoms with E-state index in [-0.39, 0.29) is 5.92 Å². The molecule has 0 amide bonds. The predicted octanol–water partition coefficient (Wildman–Crippen LogP) is 6.61. The van der Waals surface area contributed by atoms with Crippen LogP contribution in [0.5, 0.6) is 0 Å². The van der Waals surface area contributed by atoms with E-state index < -0.39 is 0 Å². The smallest absolute Gasteiger partial charge is 0.0545 e. The van der Waals surface area contributed by atoms with Crippen LogP contribution in [0.1, 0.15) is 82.2 Å². The summed E-state index contributed by atoms with van der Waals surface area (Å²) in [4.78, 5) is 14.8. The molecule has 0 saturated carbocycles. The Balaban J connectivity index is 0.977. The van der Waals surface area contributed by atoms with Crippen molar-refractivity contribution in [3.05, 3.63) is 166 Å². The van der Waals surface area contributed by atoms with Crippen LogP contribution in [0.2, 0.25) is 0 Å². The van der Waals surface area contributed by atoms with Crippen LogP contribution in [0, 0.1) is 0 Å². The molecule has 7 rings (SSSR count). The highest BCUT2D eigenvalue weighted by Crippen LogP contribution is 2.32. The van der Waals surface area contributed by atoms with Gasteiger partial charge in [0.25, 0.3) is 0 Å². The molecular weight excluding hydrogens is 677 g/mol. The summed E-state index contributed by atoms with van der Waals surface area (Å²) in [5, 5.41) is 14.4. The fourth-order valence-electron chi connectivity index (χ4n) is 7.94. The molecular formula is C47H60N8. The lowest BCUT2D eigenvalue weighted by Gasteiger charge is -2.24. The summed E-state index contributed by atoms with van der Waals surface area (Å²) < 4.78 is 0. The summed E-state index contributed by atoms with van der Waals surface area (Å²) in [7, 11) is 0. The van der Waals surface area contributed by atoms with Crippen molar-refractivity contribution in [2.75, 3.05) is 52.4 Å². The third kappa shape index (κ3) is 12.4. The van der Waals surface area contributed by atoms with Gasteiger partial charge in [0.15, 0.2) is 0 Å². The third-order valence-corrected chi connectivity index (χ3v) is 10.8. The highest BCUT2D eigenvalue weighted by Gasteiger charge is 2.18. The molecule has 2 aliphatic rings. The van der Waals surface area contributed by atoms with Crippen LogP contribution in [0.25, 0.3) is 0 Å². The number of benzene rings is 3. The molecule has 4 bridgehead atoms. The van der Waals surface area contributed by atoms with Gasteiger partial charge < -0.3 is 21.3 Å². The molecule has 0 unspecified atom stereocenters. The number of fused-ring (bicyclic) bond motifs is 4. The maximum atomic E-state index is 4.79. The molecule has 8 heteroatoms. The fraction of sp³-hybridized carbons (Fsp3) is 0.404. The van der Waals surface area contributed by atoms with E-state index in [4.69, 9.17) is 9.97 Å². The monoisotopic (exact) mass is 736 g/mol. The van der Waals surface area contributed by atoms with Crippen molar-refractivity contribution in [1.29, 1.82) is 0 Å². The first-order valence-corrected chi connectivity index (χ1v) is 20.6. The molecule has 0 atom stereocenters. The van der Waals surface area contributed by atoms with E-state index in [1.807, 2.05) is 0 Å². The largest absolute Gasteiger partial charge is 0.311 e. The summed E-state index contributed by atoms with van der Waals surface area (Å²) in [5.41, 5.74) is 11.2. The van der Waals surface area contributed by atoms with Gasteiger partial charge in [-0.2, -0.15) is 0 Å². The summed E-state index contributed by atoms with van der Waals surface area (Å²) in [6.07, 6.45) is 4.49. The second-order valence-electron chi connectivity index (χ2n) is 15.2. The number of aromatic nitrogens is 2. The van der Waals surface area contributed by atoms with Crippen molar-refractivity contribution in [3.63, 3.8) is 0 Å². The molecule has 2 aromatic heterocycles. The lowest BCUT2D eigenvalue weighted by Crippen LogP contribution is -2.30. The second kappa shape index (κ2) is 21.1. The molecule has 4 N–H and O–H groups in total. The predicted molar refractivity (Wildman–Crippen MR) is 225 cm³/mol. The van der Waals surface area contributed by atoms with Gasteiger partial charge in [0.05, 0.1) is 22.8 Å². The molecule has 0 radical (unpaired) electrons. The van der Waals surface area contributed by atoms with Crippen LogP contribution >= 0.6 is 0 Å². The van der Waals surface area contributed by atoms with E-state index in [1.54, 1.807) is 0 Å². The first-order valence-electron chi connectivity index (χ1n) is 20.6. The highest BCUT2D eigenvalue weighted by molar-refractivity contribution is 5.44. The van der Waals surface area contributed by atoms with Gasteiger partial charge in [-0.05, 0) is 130 Å². The maximum Gasteiger partial charge on any atom is 0.0545 e. The van der Waals surface area contributed by atoms with Gasteiger partial charge in [-0.1, -0.05) is 91.0 Å². The summed E-state index contributed by atoms with van der Waals surface area (Å²) in [6, 6.07) is 42.6. The van der Waals surface area contributed by atoms with Gasteiger partial charge in [0.1, 0.15) is 0 Å². The van der Waals surface area contributed by atoms with Crippen molar-refractivity contribution in [2.45, 2.75) is 70.9 Å². The third-order valence-electron chi connectivity index (χ3n) is 10.8. The van der Waals surface area contributed by atoms with Crippen LogP contribution in [0.4, 0.5) is 0 Å². The van der Waals surface area contributed by atoms with Crippen molar-refractivity contribution in [2.24, 2.45) is 0 Å². The molecule has 0 fully saturated rings. The van der Waals surface area contributed by atoms with E-state index in [2.05, 4.69) is 146 Å². The van der Waals surface area contributed by atoms with E-state index in [1.165, 1.54) is 27.8 Å². The first kappa shape index (κ1) is 39.0. The summed E-state index contributed by atoms with van der Waals surface area (Å²) in [5.74, 6) is 0.186. The standard InChI is InChI=1S/C47H60N8/c1-2-10-40(11-3-1)47(41-20-16-38(17-21-41)36-54-28-6-24-48-32-43-12-4-13-44(52-43)33-49-25-7-29-54)42-22-18-39(19-23-42)37-55-30-8-26-50-34-45-14-5-15-46(53-45)35-51-27-9-31-55/h1-5,10-23,47-51H,6-9,24-37H2. The lowest BCUT2D eigenvalue weighted by molar-refractivity contribution is 0.256. The highest BCUT2D eigenvalue weighted by atomic mass is 15.1. The molecule has 0 spiro atoms. The molecule has 3 aromatic carbocycles. The SMILES string of the molecule is c1ccc(C(c2ccc(CN3CCCNCc4cccc(n4)CNCCC3)cc2)c2ccc(CN3CCCNCc4cccc(n4)CNCCC3)cc2)cc1. The van der Waals surface area contributed by atoms with Crippen LogP contribution in [0.15, 0.2) is 115 Å². The van der Waals surface area contributed by atoms with E-state index in [0.29, 0.717) is 0 Å². The Morgan fingerprint density at radius 2 is 0.745 bits per heavy atom. The zero-order valence-electron chi connectivity index (χ0n) is 32.6. The van der Waals surface area contributed by atoms with Gasteiger partial charge in [0, 0.05) is 45.2 Å². The van der Waals surface area contributed by atoms with Crippen LogP contribution in [-0.2, 0) is 39.3 Å². The Hall–Kier alpha value is -4.28. The normalized spacial score (nSPS) is 17.6. The number of rotatable bonds is 7. The van der Waals surface area contributed by atoms with E-state index in [9.17, 15) is 0 Å². The summed E-state index contributed by atoms with van der Waals surface area (Å²) in [6.45, 7) is 13.6. The topological polar surface area (TPSA) is 80.4 Å². The molecule has 0 aliphatic carbocycles. The van der Waals surface area contributed by atoms with Crippen molar-refractivity contribution in [1.82, 2.24) is 41.0 Å². The molecule has 5 aromatic rings. The quantitative estimate of drug-likeness (QED) is 0.139. The minimum Gasteiger partial charge on any atom is -0.311 e. The first-order chi connectivity index (χ1) is 27.2. The summed E-state index contributed by atoms with van der Waals surface area (Å²) >= 11 is 0. The van der Waals surface area contributed by atoms with Crippen molar-refractivity contribution < 1.29 is 0 Å². The zero-order chi connectivity index (χ0) is 37.3.